The Hall–Kier alpha value is -0.470. The lowest BCUT2D eigenvalue weighted by molar-refractivity contribution is 0.439. The molecule has 1 aromatic carbocycles. The van der Waals surface area contributed by atoms with E-state index < -0.39 is 0 Å². The first-order chi connectivity index (χ1) is 6.70. The summed E-state index contributed by atoms with van der Waals surface area (Å²) in [6, 6.07) is 8.95. The summed E-state index contributed by atoms with van der Waals surface area (Å²) in [6.45, 7) is 4.41. The maximum Gasteiger partial charge on any atom is 0.0139 e. The zero-order chi connectivity index (χ0) is 10.1. The van der Waals surface area contributed by atoms with E-state index in [0.717, 1.165) is 5.75 Å². The predicted molar refractivity (Wildman–Crippen MR) is 62.7 cm³/mol. The molecule has 2 rings (SSSR count). The Morgan fingerprint density at radius 3 is 2.79 bits per heavy atom. The summed E-state index contributed by atoms with van der Waals surface area (Å²) < 4.78 is 0. The lowest BCUT2D eigenvalue weighted by atomic mass is 9.87. The average Bonchev–Trinajstić information content (AvgIpc) is 2.60. The smallest absolute Gasteiger partial charge is 0.0139 e. The van der Waals surface area contributed by atoms with Crippen LogP contribution in [0.15, 0.2) is 29.2 Å². The lowest BCUT2D eigenvalue weighted by Crippen LogP contribution is -2.33. The second kappa shape index (κ2) is 3.95. The van der Waals surface area contributed by atoms with Crippen LogP contribution in [0.1, 0.15) is 25.3 Å². The second-order valence-electron chi connectivity index (χ2n) is 4.28. The molecule has 2 N–H and O–H groups in total. The van der Waals surface area contributed by atoms with Crippen LogP contribution in [0.3, 0.4) is 0 Å². The molecule has 0 saturated heterocycles. The Morgan fingerprint density at radius 2 is 2.07 bits per heavy atom. The molecule has 76 valence electrons. The van der Waals surface area contributed by atoms with Crippen LogP contribution in [-0.2, 0) is 0 Å². The zero-order valence-electron chi connectivity index (χ0n) is 8.73. The topological polar surface area (TPSA) is 26.0 Å². The molecule has 0 aliphatic carbocycles. The van der Waals surface area contributed by atoms with Crippen LogP contribution in [0.4, 0.5) is 0 Å². The maximum atomic E-state index is 6.22. The third-order valence-corrected chi connectivity index (χ3v) is 4.18. The van der Waals surface area contributed by atoms with Gasteiger partial charge in [-0.15, -0.1) is 11.8 Å². The van der Waals surface area contributed by atoms with Crippen LogP contribution < -0.4 is 5.73 Å². The van der Waals surface area contributed by atoms with Crippen molar-refractivity contribution in [1.29, 1.82) is 0 Å². The highest BCUT2D eigenvalue weighted by Crippen LogP contribution is 2.41. The van der Waals surface area contributed by atoms with Crippen molar-refractivity contribution in [3.63, 3.8) is 0 Å². The molecule has 1 aliphatic rings. The second-order valence-corrected chi connectivity index (χ2v) is 5.34. The van der Waals surface area contributed by atoms with Crippen molar-refractivity contribution in [3.8, 4) is 0 Å². The van der Waals surface area contributed by atoms with E-state index in [1.54, 1.807) is 0 Å². The fourth-order valence-electron chi connectivity index (χ4n) is 1.97. The Kier molecular flexibility index (Phi) is 2.84. The first-order valence-electron chi connectivity index (χ1n) is 5.17. The SMILES string of the molecule is CC(C)C(N)C1CSc2ccccc21. The maximum absolute atomic E-state index is 6.22. The Bertz CT molecular complexity index is 322. The molecule has 14 heavy (non-hydrogen) atoms. The number of hydrogen-bond donors (Lipinski definition) is 1. The van der Waals surface area contributed by atoms with E-state index in [2.05, 4.69) is 38.1 Å². The van der Waals surface area contributed by atoms with Gasteiger partial charge in [-0.25, -0.2) is 0 Å². The summed E-state index contributed by atoms with van der Waals surface area (Å²) in [6.07, 6.45) is 0. The van der Waals surface area contributed by atoms with Crippen LogP contribution in [0, 0.1) is 5.92 Å². The molecule has 1 nitrogen and oxygen atoms in total. The fourth-order valence-corrected chi connectivity index (χ4v) is 3.29. The van der Waals surface area contributed by atoms with Crippen molar-refractivity contribution in [2.24, 2.45) is 11.7 Å². The van der Waals surface area contributed by atoms with E-state index in [-0.39, 0.29) is 0 Å². The first-order valence-corrected chi connectivity index (χ1v) is 6.16. The van der Waals surface area contributed by atoms with Crippen LogP contribution >= 0.6 is 11.8 Å². The van der Waals surface area contributed by atoms with Crippen LogP contribution in [-0.4, -0.2) is 11.8 Å². The van der Waals surface area contributed by atoms with E-state index >= 15 is 0 Å². The summed E-state index contributed by atoms with van der Waals surface area (Å²) in [5.74, 6) is 2.27. The molecule has 2 unspecified atom stereocenters. The van der Waals surface area contributed by atoms with Crippen molar-refractivity contribution < 1.29 is 0 Å². The number of thioether (sulfide) groups is 1. The molecule has 0 spiro atoms. The molecule has 0 saturated carbocycles. The van der Waals surface area contributed by atoms with Crippen LogP contribution in [0.25, 0.3) is 0 Å². The summed E-state index contributed by atoms with van der Waals surface area (Å²) >= 11 is 1.94. The molecule has 1 aromatic rings. The molecule has 2 heteroatoms. The molecule has 0 fully saturated rings. The average molecular weight is 207 g/mol. The van der Waals surface area contributed by atoms with Crippen LogP contribution in [0.2, 0.25) is 0 Å². The minimum atomic E-state index is 0.297. The van der Waals surface area contributed by atoms with Crippen LogP contribution in [0.5, 0.6) is 0 Å². The van der Waals surface area contributed by atoms with Gasteiger partial charge >= 0.3 is 0 Å². The highest BCUT2D eigenvalue weighted by atomic mass is 32.2. The molecule has 0 radical (unpaired) electrons. The number of hydrogen-bond acceptors (Lipinski definition) is 2. The molecule has 1 aliphatic heterocycles. The molecule has 2 atom stereocenters. The van der Waals surface area contributed by atoms with Gasteiger partial charge in [0.1, 0.15) is 0 Å². The zero-order valence-corrected chi connectivity index (χ0v) is 9.55. The van der Waals surface area contributed by atoms with Crippen molar-refractivity contribution in [1.82, 2.24) is 0 Å². The van der Waals surface area contributed by atoms with E-state index in [9.17, 15) is 0 Å². The minimum absolute atomic E-state index is 0.297. The molecule has 1 heterocycles. The van der Waals surface area contributed by atoms with E-state index in [4.69, 9.17) is 5.73 Å². The third kappa shape index (κ3) is 1.69. The van der Waals surface area contributed by atoms with E-state index in [1.165, 1.54) is 10.5 Å². The van der Waals surface area contributed by atoms with E-state index in [0.29, 0.717) is 17.9 Å². The Balaban J connectivity index is 2.26. The van der Waals surface area contributed by atoms with Gasteiger partial charge in [-0.05, 0) is 17.5 Å². The third-order valence-electron chi connectivity index (χ3n) is 2.97. The quantitative estimate of drug-likeness (QED) is 0.807. The number of nitrogens with two attached hydrogens (primary N) is 1. The molecular weight excluding hydrogens is 190 g/mol. The highest BCUT2D eigenvalue weighted by molar-refractivity contribution is 7.99. The first kappa shape index (κ1) is 10.1. The lowest BCUT2D eigenvalue weighted by Gasteiger charge is -2.23. The Labute approximate surface area is 90.1 Å². The van der Waals surface area contributed by atoms with Crippen molar-refractivity contribution >= 4 is 11.8 Å². The van der Waals surface area contributed by atoms with Gasteiger partial charge in [0.2, 0.25) is 0 Å². The standard InChI is InChI=1S/C12H17NS/c1-8(2)12(13)10-7-14-11-6-4-3-5-9(10)11/h3-6,8,10,12H,7,13H2,1-2H3. The normalized spacial score (nSPS) is 22.4. The summed E-state index contributed by atoms with van der Waals surface area (Å²) in [5.41, 5.74) is 7.68. The van der Waals surface area contributed by atoms with Gasteiger partial charge in [0, 0.05) is 22.6 Å². The van der Waals surface area contributed by atoms with Gasteiger partial charge in [-0.1, -0.05) is 32.0 Å². The summed E-state index contributed by atoms with van der Waals surface area (Å²) in [4.78, 5) is 1.42. The molecule has 0 amide bonds. The van der Waals surface area contributed by atoms with Gasteiger partial charge in [-0.2, -0.15) is 0 Å². The highest BCUT2D eigenvalue weighted by Gasteiger charge is 2.29. The summed E-state index contributed by atoms with van der Waals surface area (Å²) in [5, 5.41) is 0. The number of fused-ring (bicyclic) bond motifs is 1. The van der Waals surface area contributed by atoms with Gasteiger partial charge in [0.05, 0.1) is 0 Å². The molecular formula is C12H17NS. The van der Waals surface area contributed by atoms with Gasteiger partial charge in [0.25, 0.3) is 0 Å². The largest absolute Gasteiger partial charge is 0.327 e. The number of benzene rings is 1. The van der Waals surface area contributed by atoms with Gasteiger partial charge in [-0.3, -0.25) is 0 Å². The van der Waals surface area contributed by atoms with Gasteiger partial charge < -0.3 is 5.73 Å². The molecule has 0 aromatic heterocycles. The van der Waals surface area contributed by atoms with Crippen molar-refractivity contribution in [2.45, 2.75) is 30.7 Å². The Morgan fingerprint density at radius 1 is 1.36 bits per heavy atom. The van der Waals surface area contributed by atoms with Crippen molar-refractivity contribution in [3.05, 3.63) is 29.8 Å². The minimum Gasteiger partial charge on any atom is -0.327 e. The van der Waals surface area contributed by atoms with E-state index in [1.807, 2.05) is 11.8 Å². The fraction of sp³-hybridized carbons (Fsp3) is 0.500. The monoisotopic (exact) mass is 207 g/mol. The molecule has 0 bridgehead atoms. The van der Waals surface area contributed by atoms with Gasteiger partial charge in [0.15, 0.2) is 0 Å². The van der Waals surface area contributed by atoms with Crippen molar-refractivity contribution in [2.75, 3.05) is 5.75 Å². The predicted octanol–water partition coefficient (Wildman–Crippen LogP) is 2.86. The number of rotatable bonds is 2. The summed E-state index contributed by atoms with van der Waals surface area (Å²) in [7, 11) is 0.